The Morgan fingerprint density at radius 1 is 0.860 bits per heavy atom. The van der Waals surface area contributed by atoms with Crippen molar-refractivity contribution in [1.29, 1.82) is 0 Å². The molecule has 6 nitrogen and oxygen atoms in total. The minimum absolute atomic E-state index is 0. The van der Waals surface area contributed by atoms with Crippen LogP contribution in [0, 0.1) is 31.9 Å². The SMILES string of the molecule is CC(C)Cc1cc(-c2[c-]cc(C3CCCCC3)cc2)ncc1[Si](C)(C)C.CCn1c(-c2[c-]ccc3c2oc2nc(C)ccc23)nc2ccc3ccc(C)nc3c21.[Ir]. The standard InChI is InChI=1S/C25H19N4O.C24H34NSi.Ir/c1-4-29-22-20(13-11-16-10-8-14(2)26-21(16)22)28-24(29)19-7-5-6-17-18-12-9-15(3)27-25(18)30-23(17)19;1-18(2)15-22-16-23(25-17-24(22)26(3,4)5)21-13-11-20(12-14-21)19-9-7-6-8-10-19;/h5-6,8-13H,4H2,1-3H3;11-13,16-19H,6-10,15H2,1-5H3;/q2*-1;. The summed E-state index contributed by atoms with van der Waals surface area (Å²) in [5.74, 6) is 2.25. The molecule has 1 fully saturated rings. The van der Waals surface area contributed by atoms with E-state index in [1.54, 1.807) is 0 Å². The summed E-state index contributed by atoms with van der Waals surface area (Å²) in [6.07, 6.45) is 10.1. The van der Waals surface area contributed by atoms with Gasteiger partial charge in [-0.15, -0.1) is 53.6 Å². The number of furan rings is 1. The van der Waals surface area contributed by atoms with Crippen LogP contribution in [0.3, 0.4) is 0 Å². The van der Waals surface area contributed by atoms with Crippen LogP contribution in [0.5, 0.6) is 0 Å². The first-order valence-corrected chi connectivity index (χ1v) is 24.0. The Morgan fingerprint density at radius 2 is 1.61 bits per heavy atom. The topological polar surface area (TPSA) is 69.6 Å². The van der Waals surface area contributed by atoms with Gasteiger partial charge in [0.2, 0.25) is 5.71 Å². The first-order chi connectivity index (χ1) is 27.0. The van der Waals surface area contributed by atoms with E-state index in [2.05, 4.69) is 117 Å². The fourth-order valence-corrected chi connectivity index (χ4v) is 10.1. The number of hydrogen-bond acceptors (Lipinski definition) is 5. The molecule has 0 N–H and O–H groups in total. The summed E-state index contributed by atoms with van der Waals surface area (Å²) in [4.78, 5) is 19.2. The van der Waals surface area contributed by atoms with Crippen LogP contribution in [0.4, 0.5) is 0 Å². The van der Waals surface area contributed by atoms with Crippen LogP contribution in [-0.2, 0) is 33.1 Å². The van der Waals surface area contributed by atoms with Gasteiger partial charge in [0, 0.05) is 55.0 Å². The Hall–Kier alpha value is -4.49. The number of imidazole rings is 1. The predicted octanol–water partition coefficient (Wildman–Crippen LogP) is 12.3. The Kier molecular flexibility index (Phi) is 12.0. The second-order valence-corrected chi connectivity index (χ2v) is 22.1. The molecule has 57 heavy (non-hydrogen) atoms. The number of nitrogens with zero attached hydrogens (tertiary/aromatic N) is 5. The second kappa shape index (κ2) is 16.8. The van der Waals surface area contributed by atoms with Crippen molar-refractivity contribution in [2.45, 2.75) is 105 Å². The molecule has 0 aliphatic heterocycles. The van der Waals surface area contributed by atoms with Gasteiger partial charge in [-0.05, 0) is 68.3 Å². The fourth-order valence-electron chi connectivity index (χ4n) is 8.49. The van der Waals surface area contributed by atoms with Crippen molar-refractivity contribution in [3.8, 4) is 22.6 Å². The molecule has 1 saturated carbocycles. The summed E-state index contributed by atoms with van der Waals surface area (Å²) in [6, 6.07) is 32.4. The molecule has 5 heterocycles. The molecule has 5 aromatic heterocycles. The Labute approximate surface area is 351 Å². The van der Waals surface area contributed by atoms with Gasteiger partial charge in [0.25, 0.3) is 0 Å². The first-order valence-electron chi connectivity index (χ1n) is 20.5. The number of hydrogen-bond donors (Lipinski definition) is 0. The molecule has 0 spiro atoms. The normalized spacial score (nSPS) is 13.7. The summed E-state index contributed by atoms with van der Waals surface area (Å²) >= 11 is 0. The maximum atomic E-state index is 6.21. The average Bonchev–Trinajstić information content (AvgIpc) is 3.76. The molecule has 0 bridgehead atoms. The molecule has 0 unspecified atom stereocenters. The zero-order valence-electron chi connectivity index (χ0n) is 34.6. The van der Waals surface area contributed by atoms with E-state index < -0.39 is 8.07 Å². The van der Waals surface area contributed by atoms with Crippen LogP contribution in [0.1, 0.15) is 81.3 Å². The third kappa shape index (κ3) is 8.28. The summed E-state index contributed by atoms with van der Waals surface area (Å²) in [7, 11) is -1.37. The number of fused-ring (bicyclic) bond motifs is 6. The summed E-state index contributed by atoms with van der Waals surface area (Å²) in [5, 5.41) is 4.65. The van der Waals surface area contributed by atoms with E-state index in [0.717, 1.165) is 91.2 Å². The number of benzene rings is 3. The van der Waals surface area contributed by atoms with Gasteiger partial charge in [-0.2, -0.15) is 0 Å². The van der Waals surface area contributed by atoms with Crippen LogP contribution in [-0.4, -0.2) is 32.6 Å². The number of pyridine rings is 3. The molecular formula is C49H53IrN5OSi-2. The van der Waals surface area contributed by atoms with Crippen LogP contribution < -0.4 is 5.19 Å². The molecule has 8 heteroatoms. The van der Waals surface area contributed by atoms with Crippen molar-refractivity contribution in [1.82, 2.24) is 24.5 Å². The first kappa shape index (κ1) is 40.7. The Morgan fingerprint density at radius 3 is 2.33 bits per heavy atom. The average molecular weight is 948 g/mol. The minimum Gasteiger partial charge on any atom is -0.486 e. The molecule has 0 atom stereocenters. The van der Waals surface area contributed by atoms with Crippen molar-refractivity contribution < 1.29 is 24.5 Å². The van der Waals surface area contributed by atoms with E-state index in [0.29, 0.717) is 11.6 Å². The summed E-state index contributed by atoms with van der Waals surface area (Å²) in [6.45, 7) is 18.7. The third-order valence-corrected chi connectivity index (χ3v) is 13.4. The van der Waals surface area contributed by atoms with Gasteiger partial charge in [0.15, 0.2) is 0 Å². The fraction of sp³-hybridized carbons (Fsp3) is 0.347. The van der Waals surface area contributed by atoms with E-state index >= 15 is 0 Å². The molecular weight excluding hydrogens is 895 g/mol. The van der Waals surface area contributed by atoms with Crippen LogP contribution in [0.15, 0.2) is 83.4 Å². The van der Waals surface area contributed by atoms with E-state index in [1.165, 1.54) is 48.4 Å². The summed E-state index contributed by atoms with van der Waals surface area (Å²) in [5.41, 5.74) is 12.3. The van der Waals surface area contributed by atoms with Gasteiger partial charge < -0.3 is 14.0 Å². The molecule has 1 aliphatic carbocycles. The smallest absolute Gasteiger partial charge is 0.216 e. The van der Waals surface area contributed by atoms with E-state index in [1.807, 2.05) is 38.1 Å². The molecule has 8 aromatic rings. The van der Waals surface area contributed by atoms with E-state index in [9.17, 15) is 0 Å². The third-order valence-electron chi connectivity index (χ3n) is 11.3. The minimum atomic E-state index is -1.37. The molecule has 1 radical (unpaired) electrons. The van der Waals surface area contributed by atoms with Gasteiger partial charge in [0.1, 0.15) is 0 Å². The van der Waals surface area contributed by atoms with Gasteiger partial charge in [0.05, 0.1) is 36.0 Å². The molecule has 9 rings (SSSR count). The summed E-state index contributed by atoms with van der Waals surface area (Å²) < 4.78 is 8.42. The van der Waals surface area contributed by atoms with E-state index in [-0.39, 0.29) is 20.1 Å². The van der Waals surface area contributed by atoms with Crippen LogP contribution >= 0.6 is 0 Å². The molecule has 0 saturated heterocycles. The van der Waals surface area contributed by atoms with Crippen LogP contribution in [0.2, 0.25) is 19.6 Å². The number of rotatable bonds is 7. The molecule has 295 valence electrons. The molecule has 3 aromatic carbocycles. The largest absolute Gasteiger partial charge is 0.486 e. The monoisotopic (exact) mass is 948 g/mol. The Balaban J connectivity index is 0.000000173. The molecule has 0 amide bonds. The number of aryl methyl sites for hydroxylation is 3. The Bertz CT molecular complexity index is 2680. The predicted molar refractivity (Wildman–Crippen MR) is 235 cm³/mol. The second-order valence-electron chi connectivity index (χ2n) is 17.1. The zero-order chi connectivity index (χ0) is 39.1. The zero-order valence-corrected chi connectivity index (χ0v) is 38.0. The van der Waals surface area contributed by atoms with Gasteiger partial charge in [-0.25, -0.2) is 4.98 Å². The van der Waals surface area contributed by atoms with Crippen LogP contribution in [0.25, 0.3) is 66.7 Å². The maximum absolute atomic E-state index is 6.21. The van der Waals surface area contributed by atoms with Gasteiger partial charge in [-0.3, -0.25) is 9.97 Å². The number of aromatic nitrogens is 5. The van der Waals surface area contributed by atoms with Crippen molar-refractivity contribution >= 4 is 57.3 Å². The van der Waals surface area contributed by atoms with Crippen molar-refractivity contribution in [2.24, 2.45) is 5.92 Å². The van der Waals surface area contributed by atoms with Crippen molar-refractivity contribution in [2.75, 3.05) is 0 Å². The molecule has 1 aliphatic rings. The van der Waals surface area contributed by atoms with Gasteiger partial charge in [-0.1, -0.05) is 106 Å². The van der Waals surface area contributed by atoms with E-state index in [4.69, 9.17) is 19.4 Å². The van der Waals surface area contributed by atoms with Crippen molar-refractivity contribution in [3.05, 3.63) is 114 Å². The quantitative estimate of drug-likeness (QED) is 0.118. The maximum Gasteiger partial charge on any atom is 0.216 e. The van der Waals surface area contributed by atoms with Crippen molar-refractivity contribution in [3.63, 3.8) is 0 Å². The van der Waals surface area contributed by atoms with Gasteiger partial charge >= 0.3 is 0 Å².